The van der Waals surface area contributed by atoms with E-state index >= 15 is 0 Å². The molecule has 2 aromatic rings. The number of rotatable bonds is 3. The second-order valence-electron chi connectivity index (χ2n) is 6.31. The summed E-state index contributed by atoms with van der Waals surface area (Å²) in [5.41, 5.74) is 4.37. The zero-order valence-corrected chi connectivity index (χ0v) is 13.9. The van der Waals surface area contributed by atoms with Gasteiger partial charge in [0.25, 0.3) is 0 Å². The Bertz CT molecular complexity index is 673. The molecule has 2 aromatic carbocycles. The Balaban J connectivity index is 1.55. The quantitative estimate of drug-likeness (QED) is 0.939. The minimum atomic E-state index is -0.0206. The van der Waals surface area contributed by atoms with Gasteiger partial charge in [-0.2, -0.15) is 0 Å². The molecule has 1 aliphatic heterocycles. The Morgan fingerprint density at radius 2 is 1.70 bits per heavy atom. The molecule has 0 atom stereocenters. The number of likely N-dealkylation sites (tertiary alicyclic amines) is 1. The molecule has 0 aliphatic carbocycles. The molecule has 1 N–H and O–H groups in total. The fraction of sp³-hybridized carbons (Fsp3) is 0.316. The Morgan fingerprint density at radius 3 is 2.30 bits per heavy atom. The summed E-state index contributed by atoms with van der Waals surface area (Å²) in [6.07, 6.45) is 0. The van der Waals surface area contributed by atoms with Gasteiger partial charge in [-0.1, -0.05) is 24.3 Å². The number of anilines is 2. The van der Waals surface area contributed by atoms with Crippen molar-refractivity contribution in [3.05, 3.63) is 59.7 Å². The summed E-state index contributed by atoms with van der Waals surface area (Å²) < 4.78 is 0. The highest BCUT2D eigenvalue weighted by molar-refractivity contribution is 5.90. The number of carbonyl (C=O) groups excluding carboxylic acids is 1. The van der Waals surface area contributed by atoms with Crippen LogP contribution >= 0.6 is 0 Å². The monoisotopic (exact) mass is 309 g/mol. The zero-order valence-electron chi connectivity index (χ0n) is 13.9. The van der Waals surface area contributed by atoms with E-state index in [1.165, 1.54) is 5.69 Å². The molecule has 0 unspecified atom stereocenters. The topological polar surface area (TPSA) is 35.6 Å². The molecule has 0 aromatic heterocycles. The maximum absolute atomic E-state index is 12.3. The van der Waals surface area contributed by atoms with Gasteiger partial charge in [-0.3, -0.25) is 0 Å². The van der Waals surface area contributed by atoms with Crippen LogP contribution in [0.2, 0.25) is 0 Å². The predicted molar refractivity (Wildman–Crippen MR) is 95.1 cm³/mol. The Labute approximate surface area is 137 Å². The van der Waals surface area contributed by atoms with Crippen LogP contribution in [0.4, 0.5) is 16.2 Å². The standard InChI is InChI=1S/C19H23N3O/c1-14-9-15(2)11-16(10-14)20-19(23)22-12-18(13-22)21(3)17-7-5-4-6-8-17/h4-11,18H,12-13H2,1-3H3,(H,20,23). The molecular weight excluding hydrogens is 286 g/mol. The van der Waals surface area contributed by atoms with E-state index < -0.39 is 0 Å². The molecule has 4 nitrogen and oxygen atoms in total. The molecule has 0 saturated carbocycles. The van der Waals surface area contributed by atoms with Crippen molar-refractivity contribution in [3.8, 4) is 0 Å². The van der Waals surface area contributed by atoms with Crippen LogP contribution in [-0.2, 0) is 0 Å². The van der Waals surface area contributed by atoms with E-state index in [9.17, 15) is 4.79 Å². The van der Waals surface area contributed by atoms with Crippen molar-refractivity contribution < 1.29 is 4.79 Å². The first-order valence-corrected chi connectivity index (χ1v) is 7.95. The first kappa shape index (κ1) is 15.4. The molecule has 1 aliphatic rings. The van der Waals surface area contributed by atoms with E-state index in [-0.39, 0.29) is 6.03 Å². The van der Waals surface area contributed by atoms with Gasteiger partial charge in [0.15, 0.2) is 0 Å². The fourth-order valence-corrected chi connectivity index (χ4v) is 2.99. The lowest BCUT2D eigenvalue weighted by Gasteiger charge is -2.44. The van der Waals surface area contributed by atoms with Gasteiger partial charge in [0, 0.05) is 31.5 Å². The number of hydrogen-bond donors (Lipinski definition) is 1. The number of likely N-dealkylation sites (N-methyl/N-ethyl adjacent to an activating group) is 1. The van der Waals surface area contributed by atoms with Crippen LogP contribution in [0.3, 0.4) is 0 Å². The molecule has 3 rings (SSSR count). The van der Waals surface area contributed by atoms with Crippen LogP contribution in [-0.4, -0.2) is 37.1 Å². The smallest absolute Gasteiger partial charge is 0.321 e. The Morgan fingerprint density at radius 1 is 1.09 bits per heavy atom. The third kappa shape index (κ3) is 3.47. The number of nitrogens with one attached hydrogen (secondary N) is 1. The van der Waals surface area contributed by atoms with E-state index in [0.717, 1.165) is 29.9 Å². The lowest BCUT2D eigenvalue weighted by atomic mass is 10.1. The number of hydrogen-bond acceptors (Lipinski definition) is 2. The van der Waals surface area contributed by atoms with Crippen LogP contribution < -0.4 is 10.2 Å². The normalized spacial score (nSPS) is 14.3. The number of nitrogens with zero attached hydrogens (tertiary/aromatic N) is 2. The lowest BCUT2D eigenvalue weighted by molar-refractivity contribution is 0.163. The van der Waals surface area contributed by atoms with Gasteiger partial charge in [-0.25, -0.2) is 4.79 Å². The summed E-state index contributed by atoms with van der Waals surface area (Å²) in [6, 6.07) is 16.7. The molecule has 1 saturated heterocycles. The maximum atomic E-state index is 12.3. The zero-order chi connectivity index (χ0) is 16.4. The van der Waals surface area contributed by atoms with Crippen molar-refractivity contribution >= 4 is 17.4 Å². The first-order chi connectivity index (χ1) is 11.0. The lowest BCUT2D eigenvalue weighted by Crippen LogP contribution is -2.61. The summed E-state index contributed by atoms with van der Waals surface area (Å²) in [5, 5.41) is 2.99. The van der Waals surface area contributed by atoms with E-state index in [1.807, 2.05) is 49.1 Å². The third-order valence-electron chi connectivity index (χ3n) is 4.33. The largest absolute Gasteiger partial charge is 0.368 e. The number of benzene rings is 2. The van der Waals surface area contributed by atoms with Crippen LogP contribution in [0.5, 0.6) is 0 Å². The van der Waals surface area contributed by atoms with Crippen molar-refractivity contribution in [3.63, 3.8) is 0 Å². The van der Waals surface area contributed by atoms with Crippen LogP contribution in [0.1, 0.15) is 11.1 Å². The molecule has 4 heteroatoms. The molecule has 23 heavy (non-hydrogen) atoms. The van der Waals surface area contributed by atoms with Crippen molar-refractivity contribution in [2.75, 3.05) is 30.4 Å². The first-order valence-electron chi connectivity index (χ1n) is 7.95. The summed E-state index contributed by atoms with van der Waals surface area (Å²) in [6.45, 7) is 5.58. The molecule has 1 heterocycles. The Kier molecular flexibility index (Phi) is 4.24. The highest BCUT2D eigenvalue weighted by atomic mass is 16.2. The molecule has 0 radical (unpaired) electrons. The van der Waals surface area contributed by atoms with E-state index in [0.29, 0.717) is 6.04 Å². The highest BCUT2D eigenvalue weighted by Gasteiger charge is 2.33. The van der Waals surface area contributed by atoms with Crippen molar-refractivity contribution in [1.29, 1.82) is 0 Å². The average molecular weight is 309 g/mol. The average Bonchev–Trinajstić information content (AvgIpc) is 2.45. The minimum Gasteiger partial charge on any atom is -0.368 e. The van der Waals surface area contributed by atoms with E-state index in [1.54, 1.807) is 0 Å². The van der Waals surface area contributed by atoms with Crippen LogP contribution in [0.15, 0.2) is 48.5 Å². The van der Waals surface area contributed by atoms with Crippen LogP contribution in [0.25, 0.3) is 0 Å². The Hall–Kier alpha value is -2.49. The maximum Gasteiger partial charge on any atom is 0.321 e. The SMILES string of the molecule is Cc1cc(C)cc(NC(=O)N2CC(N(C)c3ccccc3)C2)c1. The van der Waals surface area contributed by atoms with Gasteiger partial charge in [0.1, 0.15) is 0 Å². The second kappa shape index (κ2) is 6.32. The highest BCUT2D eigenvalue weighted by Crippen LogP contribution is 2.22. The summed E-state index contributed by atoms with van der Waals surface area (Å²) in [5.74, 6) is 0. The summed E-state index contributed by atoms with van der Waals surface area (Å²) in [4.78, 5) is 16.4. The molecule has 0 bridgehead atoms. The van der Waals surface area contributed by atoms with Crippen molar-refractivity contribution in [1.82, 2.24) is 4.90 Å². The number of urea groups is 1. The number of aryl methyl sites for hydroxylation is 2. The van der Waals surface area contributed by atoms with Crippen LogP contribution in [0, 0.1) is 13.8 Å². The fourth-order valence-electron chi connectivity index (χ4n) is 2.99. The van der Waals surface area contributed by atoms with Gasteiger partial charge < -0.3 is 15.1 Å². The minimum absolute atomic E-state index is 0.0206. The second-order valence-corrected chi connectivity index (χ2v) is 6.31. The van der Waals surface area contributed by atoms with E-state index in [4.69, 9.17) is 0 Å². The molecular formula is C19H23N3O. The molecule has 0 spiro atoms. The third-order valence-corrected chi connectivity index (χ3v) is 4.33. The van der Waals surface area contributed by atoms with Crippen molar-refractivity contribution in [2.24, 2.45) is 0 Å². The predicted octanol–water partition coefficient (Wildman–Crippen LogP) is 3.66. The van der Waals surface area contributed by atoms with Crippen molar-refractivity contribution in [2.45, 2.75) is 19.9 Å². The van der Waals surface area contributed by atoms with Gasteiger partial charge >= 0.3 is 6.03 Å². The number of amides is 2. The molecule has 120 valence electrons. The van der Waals surface area contributed by atoms with Gasteiger partial charge in [0.2, 0.25) is 0 Å². The number of carbonyl (C=O) groups is 1. The van der Waals surface area contributed by atoms with Gasteiger partial charge in [-0.15, -0.1) is 0 Å². The number of para-hydroxylation sites is 1. The van der Waals surface area contributed by atoms with Gasteiger partial charge in [0.05, 0.1) is 6.04 Å². The van der Waals surface area contributed by atoms with Gasteiger partial charge in [-0.05, 0) is 49.2 Å². The molecule has 1 fully saturated rings. The summed E-state index contributed by atoms with van der Waals surface area (Å²) >= 11 is 0. The van der Waals surface area contributed by atoms with E-state index in [2.05, 4.69) is 35.5 Å². The summed E-state index contributed by atoms with van der Waals surface area (Å²) in [7, 11) is 2.08. The molecule has 2 amide bonds.